The number of hydrogen-bond donors (Lipinski definition) is 2. The number of hydrogen-bond acceptors (Lipinski definition) is 11. The number of carboxylic acid groups (broad SMARTS) is 2. The summed E-state index contributed by atoms with van der Waals surface area (Å²) in [6.07, 6.45) is 3.30. The monoisotopic (exact) mass is 465 g/mol. The molecule has 0 aliphatic heterocycles. The summed E-state index contributed by atoms with van der Waals surface area (Å²) in [5.74, 6) is -8.69. The van der Waals surface area contributed by atoms with Crippen LogP contribution in [-0.4, -0.2) is 61.0 Å². The second-order valence-corrected chi connectivity index (χ2v) is 6.16. The smallest absolute Gasteiger partial charge is 0.365 e. The number of rotatable bonds is 6. The molecule has 3 heterocycles. The molecule has 0 aliphatic rings. The van der Waals surface area contributed by atoms with Gasteiger partial charge in [-0.25, -0.2) is 43.7 Å². The lowest BCUT2D eigenvalue weighted by Gasteiger charge is -2.08. The summed E-state index contributed by atoms with van der Waals surface area (Å²) in [5.41, 5.74) is -3.71. The van der Waals surface area contributed by atoms with Crippen LogP contribution in [0, 0.1) is 0 Å². The minimum Gasteiger partial charge on any atom is -0.478 e. The average molecular weight is 465 g/mol. The molecule has 13 heteroatoms. The first-order chi connectivity index (χ1) is 16.2. The lowest BCUT2D eigenvalue weighted by atomic mass is 10.1. The molecule has 0 saturated carbocycles. The second kappa shape index (κ2) is 9.86. The van der Waals surface area contributed by atoms with Crippen LogP contribution in [0.2, 0.25) is 0 Å². The Kier molecular flexibility index (Phi) is 6.77. The molecule has 3 aromatic rings. The molecule has 0 radical (unpaired) electrons. The third-order valence-electron chi connectivity index (χ3n) is 4.05. The lowest BCUT2D eigenvalue weighted by molar-refractivity contribution is 0.0348. The number of ether oxygens (including phenoxy) is 2. The Hall–Kier alpha value is -5.33. The summed E-state index contributed by atoms with van der Waals surface area (Å²) < 4.78 is 9.24. The topological polar surface area (TPSA) is 200 Å². The summed E-state index contributed by atoms with van der Waals surface area (Å²) in [6, 6.07) is 6.88. The molecular weight excluding hydrogens is 454 g/mol. The maximum absolute atomic E-state index is 12.5. The zero-order chi connectivity index (χ0) is 24.8. The molecule has 2 N–H and O–H groups in total. The molecule has 0 aliphatic carbocycles. The highest BCUT2D eigenvalue weighted by atomic mass is 16.6. The SMILES string of the molecule is O=C(O)c1cccnc1C(=O)OC(=O)c1cccnc1C(=O)OC(=O)c1cccnc1C(=O)O. The number of aromatic carboxylic acids is 2. The quantitative estimate of drug-likeness (QED) is 0.390. The Morgan fingerprint density at radius 3 is 1.35 bits per heavy atom. The molecular formula is C21H11N3O10. The first-order valence-corrected chi connectivity index (χ1v) is 9.05. The van der Waals surface area contributed by atoms with Gasteiger partial charge in [0.05, 0.1) is 16.7 Å². The number of carboxylic acids is 2. The van der Waals surface area contributed by atoms with E-state index in [9.17, 15) is 28.8 Å². The Labute approximate surface area is 188 Å². The van der Waals surface area contributed by atoms with Crippen molar-refractivity contribution in [2.45, 2.75) is 0 Å². The van der Waals surface area contributed by atoms with Gasteiger partial charge in [0.25, 0.3) is 0 Å². The van der Waals surface area contributed by atoms with Gasteiger partial charge in [0.15, 0.2) is 17.1 Å². The Balaban J connectivity index is 1.83. The van der Waals surface area contributed by atoms with E-state index in [1.807, 2.05) is 0 Å². The lowest BCUT2D eigenvalue weighted by Crippen LogP contribution is -2.22. The average Bonchev–Trinajstić information content (AvgIpc) is 2.83. The van der Waals surface area contributed by atoms with Gasteiger partial charge in [-0.2, -0.15) is 0 Å². The number of carbonyl (C=O) groups excluding carboxylic acids is 4. The van der Waals surface area contributed by atoms with Gasteiger partial charge in [-0.05, 0) is 36.4 Å². The molecule has 0 atom stereocenters. The van der Waals surface area contributed by atoms with E-state index in [1.54, 1.807) is 0 Å². The van der Waals surface area contributed by atoms with Crippen molar-refractivity contribution in [2.24, 2.45) is 0 Å². The van der Waals surface area contributed by atoms with E-state index in [0.717, 1.165) is 36.8 Å². The van der Waals surface area contributed by atoms with Gasteiger partial charge in [0, 0.05) is 18.6 Å². The molecule has 13 nitrogen and oxygen atoms in total. The predicted molar refractivity (Wildman–Crippen MR) is 106 cm³/mol. The van der Waals surface area contributed by atoms with E-state index < -0.39 is 69.6 Å². The van der Waals surface area contributed by atoms with E-state index in [-0.39, 0.29) is 0 Å². The molecule has 0 unspecified atom stereocenters. The fourth-order valence-electron chi connectivity index (χ4n) is 2.59. The van der Waals surface area contributed by atoms with Gasteiger partial charge in [0.1, 0.15) is 0 Å². The van der Waals surface area contributed by atoms with Gasteiger partial charge in [-0.15, -0.1) is 0 Å². The standard InChI is InChI=1S/C21H11N3O10/c25-16(26)10-4-1-8-23-14(10)20(31)34-19(30)12-6-3-9-24-15(12)21(32)33-18(29)11-5-2-7-22-13(11)17(27)28/h1-9H,(H,25,26)(H,27,28). The van der Waals surface area contributed by atoms with E-state index in [4.69, 9.17) is 10.2 Å². The number of nitrogens with zero attached hydrogens (tertiary/aromatic N) is 3. The van der Waals surface area contributed by atoms with E-state index in [0.29, 0.717) is 0 Å². The van der Waals surface area contributed by atoms with Crippen LogP contribution in [0.4, 0.5) is 0 Å². The molecule has 0 bridgehead atoms. The van der Waals surface area contributed by atoms with Crippen molar-refractivity contribution < 1.29 is 48.5 Å². The first-order valence-electron chi connectivity index (χ1n) is 9.05. The van der Waals surface area contributed by atoms with Crippen LogP contribution in [0.5, 0.6) is 0 Å². The van der Waals surface area contributed by atoms with Crippen LogP contribution >= 0.6 is 0 Å². The summed E-state index contributed by atoms with van der Waals surface area (Å²) in [5, 5.41) is 18.2. The number of esters is 4. The minimum absolute atomic E-state index is 0.526. The molecule has 34 heavy (non-hydrogen) atoms. The van der Waals surface area contributed by atoms with Crippen LogP contribution in [0.15, 0.2) is 55.0 Å². The van der Waals surface area contributed by atoms with Gasteiger partial charge >= 0.3 is 35.8 Å². The maximum Gasteiger partial charge on any atom is 0.365 e. The molecule has 170 valence electrons. The van der Waals surface area contributed by atoms with Crippen LogP contribution in [0.25, 0.3) is 0 Å². The second-order valence-electron chi connectivity index (χ2n) is 6.16. The molecule has 3 rings (SSSR count). The fourth-order valence-corrected chi connectivity index (χ4v) is 2.59. The van der Waals surface area contributed by atoms with Crippen molar-refractivity contribution in [3.63, 3.8) is 0 Å². The first kappa shape index (κ1) is 23.3. The highest BCUT2D eigenvalue weighted by molar-refractivity contribution is 6.12. The van der Waals surface area contributed by atoms with Crippen LogP contribution in [-0.2, 0) is 9.47 Å². The van der Waals surface area contributed by atoms with Crippen molar-refractivity contribution in [3.8, 4) is 0 Å². The maximum atomic E-state index is 12.5. The van der Waals surface area contributed by atoms with Crippen molar-refractivity contribution in [3.05, 3.63) is 88.8 Å². The normalized spacial score (nSPS) is 10.1. The molecule has 0 saturated heterocycles. The molecule has 0 aromatic carbocycles. The largest absolute Gasteiger partial charge is 0.478 e. The molecule has 3 aromatic heterocycles. The molecule has 0 spiro atoms. The Morgan fingerprint density at radius 2 is 0.912 bits per heavy atom. The summed E-state index contributed by atoms with van der Waals surface area (Å²) in [4.78, 5) is 82.7. The van der Waals surface area contributed by atoms with Crippen molar-refractivity contribution in [1.29, 1.82) is 0 Å². The van der Waals surface area contributed by atoms with Gasteiger partial charge in [0.2, 0.25) is 0 Å². The predicted octanol–water partition coefficient (Wildman–Crippen LogP) is 1.26. The summed E-state index contributed by atoms with van der Waals surface area (Å²) in [7, 11) is 0. The molecule has 0 amide bonds. The summed E-state index contributed by atoms with van der Waals surface area (Å²) >= 11 is 0. The van der Waals surface area contributed by atoms with E-state index >= 15 is 0 Å². The zero-order valence-electron chi connectivity index (χ0n) is 16.7. The van der Waals surface area contributed by atoms with Crippen molar-refractivity contribution >= 4 is 35.8 Å². The third-order valence-corrected chi connectivity index (χ3v) is 4.05. The van der Waals surface area contributed by atoms with Crippen LogP contribution in [0.3, 0.4) is 0 Å². The Bertz CT molecular complexity index is 1250. The van der Waals surface area contributed by atoms with Crippen LogP contribution in [0.1, 0.15) is 62.5 Å². The highest BCUT2D eigenvalue weighted by Crippen LogP contribution is 2.14. The van der Waals surface area contributed by atoms with Crippen LogP contribution < -0.4 is 0 Å². The molecule has 0 fully saturated rings. The minimum atomic E-state index is -1.55. The Morgan fingerprint density at radius 1 is 0.529 bits per heavy atom. The van der Waals surface area contributed by atoms with Gasteiger partial charge in [-0.3, -0.25) is 0 Å². The zero-order valence-corrected chi connectivity index (χ0v) is 16.7. The van der Waals surface area contributed by atoms with Gasteiger partial charge in [-0.1, -0.05) is 0 Å². The number of pyridine rings is 3. The van der Waals surface area contributed by atoms with Crippen molar-refractivity contribution in [1.82, 2.24) is 15.0 Å². The van der Waals surface area contributed by atoms with E-state index in [2.05, 4.69) is 24.4 Å². The number of aromatic nitrogens is 3. The summed E-state index contributed by atoms with van der Waals surface area (Å²) in [6.45, 7) is 0. The van der Waals surface area contributed by atoms with Crippen molar-refractivity contribution in [2.75, 3.05) is 0 Å². The fraction of sp³-hybridized carbons (Fsp3) is 0. The highest BCUT2D eigenvalue weighted by Gasteiger charge is 2.28. The van der Waals surface area contributed by atoms with E-state index in [1.165, 1.54) is 18.2 Å². The van der Waals surface area contributed by atoms with Gasteiger partial charge < -0.3 is 19.7 Å². The third kappa shape index (κ3) is 4.94. The number of carbonyl (C=O) groups is 6.